The third kappa shape index (κ3) is 6.52. The highest BCUT2D eigenvalue weighted by Gasteiger charge is 2.33. The Morgan fingerprint density at radius 3 is 2.38 bits per heavy atom. The van der Waals surface area contributed by atoms with E-state index in [0.29, 0.717) is 29.7 Å². The van der Waals surface area contributed by atoms with E-state index in [1.165, 1.54) is 0 Å². The van der Waals surface area contributed by atoms with Crippen LogP contribution >= 0.6 is 0 Å². The lowest BCUT2D eigenvalue weighted by atomic mass is 9.97. The maximum absolute atomic E-state index is 13.3. The molecule has 0 spiro atoms. The highest BCUT2D eigenvalue weighted by Crippen LogP contribution is 2.32. The van der Waals surface area contributed by atoms with Crippen molar-refractivity contribution in [1.29, 1.82) is 10.8 Å². The van der Waals surface area contributed by atoms with Crippen molar-refractivity contribution in [3.8, 4) is 0 Å². The zero-order chi connectivity index (χ0) is 28.4. The lowest BCUT2D eigenvalue weighted by Gasteiger charge is -2.32. The number of aliphatic imine (C=N–C) groups is 1. The van der Waals surface area contributed by atoms with Crippen LogP contribution in [-0.4, -0.2) is 40.7 Å². The zero-order valence-electron chi connectivity index (χ0n) is 21.5. The molecule has 2 heterocycles. The van der Waals surface area contributed by atoms with E-state index in [1.54, 1.807) is 18.2 Å². The molecule has 1 unspecified atom stereocenters. The van der Waals surface area contributed by atoms with E-state index in [0.717, 1.165) is 16.7 Å². The molecule has 0 aliphatic carbocycles. The number of nitrogens with one attached hydrogen (secondary N) is 4. The van der Waals surface area contributed by atoms with Crippen molar-refractivity contribution >= 4 is 29.0 Å². The Morgan fingerprint density at radius 1 is 1.05 bits per heavy atom. The lowest BCUT2D eigenvalue weighted by molar-refractivity contribution is -0.137. The standard InChI is InChI=1S/C27H28F3N7O2/c1-26(2,3)15-34-19-13-17(27(28,29)30)14-33-22(19)23(31)39-24(32)36-25-35-21(16-9-5-4-6-10-16)18-11-7-8-12-20(18)37(25)38/h4-14,25,31,34,38H,15H2,1-3H3,(H2,32,36). The number of halogens is 3. The number of hydrogen-bond acceptors (Lipinski definition) is 8. The highest BCUT2D eigenvalue weighted by molar-refractivity contribution is 6.17. The van der Waals surface area contributed by atoms with E-state index in [4.69, 9.17) is 15.6 Å². The minimum Gasteiger partial charge on any atom is -0.405 e. The average molecular weight is 540 g/mol. The monoisotopic (exact) mass is 539 g/mol. The molecular formula is C27H28F3N7O2. The maximum atomic E-state index is 13.3. The summed E-state index contributed by atoms with van der Waals surface area (Å²) in [6.45, 7) is 5.99. The Bertz CT molecular complexity index is 1400. The van der Waals surface area contributed by atoms with E-state index >= 15 is 0 Å². The predicted octanol–water partition coefficient (Wildman–Crippen LogP) is 5.46. The number of hydrogen-bond donors (Lipinski definition) is 5. The molecule has 204 valence electrons. The van der Waals surface area contributed by atoms with E-state index in [1.807, 2.05) is 57.2 Å². The molecule has 9 nitrogen and oxygen atoms in total. The van der Waals surface area contributed by atoms with Gasteiger partial charge in [0.05, 0.1) is 22.6 Å². The summed E-state index contributed by atoms with van der Waals surface area (Å²) in [7, 11) is 0. The number of pyridine rings is 1. The van der Waals surface area contributed by atoms with E-state index in [9.17, 15) is 18.4 Å². The van der Waals surface area contributed by atoms with Gasteiger partial charge in [-0.3, -0.25) is 21.3 Å². The van der Waals surface area contributed by atoms with Crippen molar-refractivity contribution in [2.45, 2.75) is 33.2 Å². The van der Waals surface area contributed by atoms with Crippen molar-refractivity contribution in [2.24, 2.45) is 10.4 Å². The molecule has 0 radical (unpaired) electrons. The van der Waals surface area contributed by atoms with Gasteiger partial charge in [-0.25, -0.2) is 15.0 Å². The van der Waals surface area contributed by atoms with Crippen LogP contribution in [0.1, 0.15) is 43.2 Å². The first kappa shape index (κ1) is 27.6. The predicted molar refractivity (Wildman–Crippen MR) is 143 cm³/mol. The molecule has 12 heteroatoms. The molecule has 0 amide bonds. The minimum absolute atomic E-state index is 0.0580. The molecular weight excluding hydrogens is 511 g/mol. The number of para-hydroxylation sites is 1. The van der Waals surface area contributed by atoms with Crippen molar-refractivity contribution in [3.05, 3.63) is 89.2 Å². The Hall–Kier alpha value is -4.45. The van der Waals surface area contributed by atoms with Crippen LogP contribution in [0.15, 0.2) is 71.9 Å². The molecule has 0 bridgehead atoms. The largest absolute Gasteiger partial charge is 0.417 e. The second-order valence-corrected chi connectivity index (χ2v) is 10.0. The van der Waals surface area contributed by atoms with Gasteiger partial charge < -0.3 is 10.1 Å². The summed E-state index contributed by atoms with van der Waals surface area (Å²) < 4.78 is 45.2. The highest BCUT2D eigenvalue weighted by atomic mass is 19.4. The van der Waals surface area contributed by atoms with Gasteiger partial charge in [0, 0.05) is 23.9 Å². The van der Waals surface area contributed by atoms with Crippen LogP contribution in [-0.2, 0) is 10.9 Å². The first-order valence-electron chi connectivity index (χ1n) is 12.0. The third-order valence-corrected chi connectivity index (χ3v) is 5.64. The smallest absolute Gasteiger partial charge is 0.405 e. The summed E-state index contributed by atoms with van der Waals surface area (Å²) >= 11 is 0. The number of alkyl halides is 3. The van der Waals surface area contributed by atoms with Gasteiger partial charge in [-0.15, -0.1) is 0 Å². The lowest BCUT2D eigenvalue weighted by Crippen LogP contribution is -2.49. The maximum Gasteiger partial charge on any atom is 0.417 e. The molecule has 1 aliphatic heterocycles. The zero-order valence-corrected chi connectivity index (χ0v) is 21.5. The SMILES string of the molecule is CC(C)(C)CNc1cc(C(F)(F)F)cnc1C(=N)OC(=N)NC1N=C(c2ccccc2)c2ccccc2N1O. The van der Waals surface area contributed by atoms with Crippen molar-refractivity contribution in [3.63, 3.8) is 0 Å². The first-order valence-corrected chi connectivity index (χ1v) is 12.0. The Kier molecular flexibility index (Phi) is 7.59. The summed E-state index contributed by atoms with van der Waals surface area (Å²) in [6.07, 6.45) is -5.21. The molecule has 5 N–H and O–H groups in total. The van der Waals surface area contributed by atoms with Crippen LogP contribution in [0.5, 0.6) is 0 Å². The molecule has 2 aromatic carbocycles. The van der Waals surface area contributed by atoms with Gasteiger partial charge in [0.1, 0.15) is 5.69 Å². The quantitative estimate of drug-likeness (QED) is 0.216. The van der Waals surface area contributed by atoms with Crippen LogP contribution in [0.25, 0.3) is 0 Å². The fourth-order valence-electron chi connectivity index (χ4n) is 3.76. The molecule has 0 fully saturated rings. The fourth-order valence-corrected chi connectivity index (χ4v) is 3.76. The average Bonchev–Trinajstić information content (AvgIpc) is 2.88. The van der Waals surface area contributed by atoms with Crippen LogP contribution in [0, 0.1) is 16.2 Å². The number of hydroxylamine groups is 1. The number of ether oxygens (including phenoxy) is 1. The van der Waals surface area contributed by atoms with Gasteiger partial charge in [-0.05, 0) is 17.5 Å². The van der Waals surface area contributed by atoms with Crippen molar-refractivity contribution < 1.29 is 23.1 Å². The van der Waals surface area contributed by atoms with Gasteiger partial charge in [-0.1, -0.05) is 69.3 Å². The van der Waals surface area contributed by atoms with Crippen molar-refractivity contribution in [2.75, 3.05) is 16.9 Å². The summed E-state index contributed by atoms with van der Waals surface area (Å²) in [6, 6.07) is 16.5. The van der Waals surface area contributed by atoms with E-state index < -0.39 is 29.9 Å². The molecule has 39 heavy (non-hydrogen) atoms. The Morgan fingerprint density at radius 2 is 1.72 bits per heavy atom. The summed E-state index contributed by atoms with van der Waals surface area (Å²) in [5.41, 5.74) is 0.933. The molecule has 0 saturated carbocycles. The number of nitrogens with zero attached hydrogens (tertiary/aromatic N) is 3. The number of rotatable bonds is 5. The summed E-state index contributed by atoms with van der Waals surface area (Å²) in [5, 5.41) is 33.7. The summed E-state index contributed by atoms with van der Waals surface area (Å²) in [5.74, 6) is -0.661. The van der Waals surface area contributed by atoms with Gasteiger partial charge in [0.25, 0.3) is 6.02 Å². The van der Waals surface area contributed by atoms with Gasteiger partial charge in [0.15, 0.2) is 0 Å². The number of benzene rings is 2. The van der Waals surface area contributed by atoms with Crippen molar-refractivity contribution in [1.82, 2.24) is 10.3 Å². The van der Waals surface area contributed by atoms with Gasteiger partial charge in [0.2, 0.25) is 12.2 Å². The topological polar surface area (TPSA) is 130 Å². The molecule has 3 aromatic rings. The van der Waals surface area contributed by atoms with E-state index in [2.05, 4.69) is 20.6 Å². The molecule has 0 saturated heterocycles. The normalized spacial score (nSPS) is 15.2. The van der Waals surface area contributed by atoms with Crippen LogP contribution in [0.3, 0.4) is 0 Å². The number of amidine groups is 1. The van der Waals surface area contributed by atoms with Crippen LogP contribution in [0.2, 0.25) is 0 Å². The second kappa shape index (κ2) is 10.7. The second-order valence-electron chi connectivity index (χ2n) is 10.0. The van der Waals surface area contributed by atoms with Gasteiger partial charge >= 0.3 is 6.18 Å². The third-order valence-electron chi connectivity index (χ3n) is 5.64. The Balaban J connectivity index is 1.56. The molecule has 1 aliphatic rings. The first-order chi connectivity index (χ1) is 18.3. The molecule has 1 aromatic heterocycles. The molecule has 1 atom stereocenters. The summed E-state index contributed by atoms with van der Waals surface area (Å²) in [4.78, 5) is 8.34. The van der Waals surface area contributed by atoms with E-state index in [-0.39, 0.29) is 16.8 Å². The Labute approximate surface area is 223 Å². The number of aromatic nitrogens is 1. The number of anilines is 2. The fraction of sp³-hybridized carbons (Fsp3) is 0.259. The van der Waals surface area contributed by atoms with Crippen LogP contribution in [0.4, 0.5) is 24.5 Å². The van der Waals surface area contributed by atoms with Gasteiger partial charge in [-0.2, -0.15) is 13.2 Å². The molecule has 4 rings (SSSR count). The van der Waals surface area contributed by atoms with Crippen LogP contribution < -0.4 is 15.7 Å². The minimum atomic E-state index is -4.63. The number of fused-ring (bicyclic) bond motifs is 1.